The van der Waals surface area contributed by atoms with E-state index in [1.807, 2.05) is 0 Å². The van der Waals surface area contributed by atoms with Crippen LogP contribution in [-0.4, -0.2) is 10.7 Å². The van der Waals surface area contributed by atoms with E-state index in [1.165, 1.54) is 77.0 Å². The smallest absolute Gasteiger partial charge is 0.0740 e. The fourth-order valence-corrected chi connectivity index (χ4v) is 9.26. The van der Waals surface area contributed by atoms with E-state index >= 15 is 0 Å². The second-order valence-corrected chi connectivity index (χ2v) is 10.7. The van der Waals surface area contributed by atoms with Gasteiger partial charge in [-0.25, -0.2) is 0 Å². The Morgan fingerprint density at radius 2 is 0.826 bits per heavy atom. The molecule has 0 unspecified atom stereocenters. The summed E-state index contributed by atoms with van der Waals surface area (Å²) in [6.45, 7) is 0. The molecule has 1 heteroatoms. The van der Waals surface area contributed by atoms with Gasteiger partial charge in [-0.1, -0.05) is 19.3 Å². The molecule has 6 saturated carbocycles. The summed E-state index contributed by atoms with van der Waals surface area (Å²) in [5, 5.41) is 12.5. The zero-order valence-electron chi connectivity index (χ0n) is 14.6. The first-order valence-electron chi connectivity index (χ1n) is 10.9. The van der Waals surface area contributed by atoms with Gasteiger partial charge in [-0.15, -0.1) is 0 Å². The van der Waals surface area contributed by atoms with Crippen molar-refractivity contribution in [1.29, 1.82) is 0 Å². The largest absolute Gasteiger partial charge is 0.389 e. The number of rotatable bonds is 3. The Hall–Kier alpha value is -0.0400. The minimum absolute atomic E-state index is 0.250. The van der Waals surface area contributed by atoms with Gasteiger partial charge in [0.05, 0.1) is 5.60 Å². The lowest BCUT2D eigenvalue weighted by molar-refractivity contribution is -0.156. The van der Waals surface area contributed by atoms with Gasteiger partial charge in [0.1, 0.15) is 0 Å². The highest BCUT2D eigenvalue weighted by Gasteiger charge is 2.63. The van der Waals surface area contributed by atoms with Crippen molar-refractivity contribution < 1.29 is 5.11 Å². The van der Waals surface area contributed by atoms with Crippen molar-refractivity contribution >= 4 is 0 Å². The Morgan fingerprint density at radius 1 is 0.478 bits per heavy atom. The monoisotopic (exact) mass is 314 g/mol. The van der Waals surface area contributed by atoms with E-state index in [9.17, 15) is 5.11 Å². The Labute approximate surface area is 141 Å². The zero-order valence-corrected chi connectivity index (χ0v) is 14.6. The van der Waals surface area contributed by atoms with Crippen molar-refractivity contribution in [2.75, 3.05) is 0 Å². The normalized spacial score (nSPS) is 57.0. The molecule has 6 rings (SSSR count). The van der Waals surface area contributed by atoms with Crippen LogP contribution in [0.3, 0.4) is 0 Å². The van der Waals surface area contributed by atoms with Crippen molar-refractivity contribution in [2.24, 2.45) is 53.3 Å². The maximum absolute atomic E-state index is 12.5. The zero-order chi connectivity index (χ0) is 15.2. The first-order valence-corrected chi connectivity index (χ1v) is 10.9. The lowest BCUT2D eigenvalue weighted by Gasteiger charge is -2.52. The molecule has 0 saturated heterocycles. The fourth-order valence-electron chi connectivity index (χ4n) is 9.26. The van der Waals surface area contributed by atoms with Gasteiger partial charge in [0.2, 0.25) is 0 Å². The maximum Gasteiger partial charge on any atom is 0.0740 e. The lowest BCUT2D eigenvalue weighted by atomic mass is 9.57. The summed E-state index contributed by atoms with van der Waals surface area (Å²) in [4.78, 5) is 0. The van der Waals surface area contributed by atoms with Crippen LogP contribution in [0.2, 0.25) is 0 Å². The third-order valence-corrected chi connectivity index (χ3v) is 10.00. The molecule has 6 aliphatic rings. The molecule has 0 spiro atoms. The summed E-state index contributed by atoms with van der Waals surface area (Å²) in [5.74, 6) is 7.69. The Balaban J connectivity index is 1.38. The molecule has 6 bridgehead atoms. The quantitative estimate of drug-likeness (QED) is 0.775. The van der Waals surface area contributed by atoms with Gasteiger partial charge in [0.25, 0.3) is 0 Å². The molecule has 6 aliphatic carbocycles. The van der Waals surface area contributed by atoms with E-state index in [4.69, 9.17) is 0 Å². The molecular weight excluding hydrogens is 280 g/mol. The van der Waals surface area contributed by atoms with Crippen LogP contribution in [-0.2, 0) is 0 Å². The van der Waals surface area contributed by atoms with E-state index in [-0.39, 0.29) is 5.60 Å². The summed E-state index contributed by atoms with van der Waals surface area (Å²) < 4.78 is 0. The van der Waals surface area contributed by atoms with Crippen molar-refractivity contribution in [3.63, 3.8) is 0 Å². The molecule has 1 N–H and O–H groups in total. The molecule has 6 fully saturated rings. The summed E-state index contributed by atoms with van der Waals surface area (Å²) in [6, 6.07) is 0. The summed E-state index contributed by atoms with van der Waals surface area (Å²) in [6.07, 6.45) is 17.3. The standard InChI is InChI=1S/C22H34O/c23-22(19-10-13-1-4-16(19)7-13,20-11-14-2-5-17(20)8-14)21-12-15-3-6-18(21)9-15/h13-21,23H,1-12H2/t13-,14-,15-,16-,17-,18-,19-,20-,21+/m0/s1. The van der Waals surface area contributed by atoms with E-state index < -0.39 is 0 Å². The van der Waals surface area contributed by atoms with Crippen LogP contribution in [0, 0.1) is 53.3 Å². The highest BCUT2D eigenvalue weighted by Crippen LogP contribution is 2.66. The maximum atomic E-state index is 12.5. The van der Waals surface area contributed by atoms with Gasteiger partial charge in [0.15, 0.2) is 0 Å². The molecule has 0 aromatic heterocycles. The average Bonchev–Trinajstić information content (AvgIpc) is 3.40. The van der Waals surface area contributed by atoms with Gasteiger partial charge in [-0.2, -0.15) is 0 Å². The Bertz CT molecular complexity index is 429. The number of hydrogen-bond acceptors (Lipinski definition) is 1. The summed E-state index contributed by atoms with van der Waals surface area (Å²) in [5.41, 5.74) is -0.250. The molecule has 9 atom stereocenters. The van der Waals surface area contributed by atoms with Gasteiger partial charge >= 0.3 is 0 Å². The molecule has 0 heterocycles. The summed E-state index contributed by atoms with van der Waals surface area (Å²) >= 11 is 0. The minimum Gasteiger partial charge on any atom is -0.389 e. The number of aliphatic hydroxyl groups is 1. The Kier molecular flexibility index (Phi) is 2.94. The molecule has 0 aromatic carbocycles. The van der Waals surface area contributed by atoms with Crippen LogP contribution < -0.4 is 0 Å². The Morgan fingerprint density at radius 3 is 1.04 bits per heavy atom. The molecule has 1 nitrogen and oxygen atoms in total. The fraction of sp³-hybridized carbons (Fsp3) is 1.00. The van der Waals surface area contributed by atoms with Crippen LogP contribution in [0.15, 0.2) is 0 Å². The topological polar surface area (TPSA) is 20.2 Å². The van der Waals surface area contributed by atoms with Crippen LogP contribution >= 0.6 is 0 Å². The lowest BCUT2D eigenvalue weighted by Crippen LogP contribution is -2.55. The molecular formula is C22H34O. The van der Waals surface area contributed by atoms with E-state index in [0.717, 1.165) is 35.5 Å². The van der Waals surface area contributed by atoms with Gasteiger partial charge in [-0.05, 0) is 111 Å². The molecule has 0 aliphatic heterocycles. The highest BCUT2D eigenvalue weighted by atomic mass is 16.3. The third kappa shape index (κ3) is 1.84. The second kappa shape index (κ2) is 4.77. The van der Waals surface area contributed by atoms with Crippen LogP contribution in [0.5, 0.6) is 0 Å². The average molecular weight is 315 g/mol. The van der Waals surface area contributed by atoms with Crippen LogP contribution in [0.4, 0.5) is 0 Å². The van der Waals surface area contributed by atoms with Gasteiger partial charge in [-0.3, -0.25) is 0 Å². The second-order valence-electron chi connectivity index (χ2n) is 10.7. The van der Waals surface area contributed by atoms with Crippen LogP contribution in [0.1, 0.15) is 77.0 Å². The minimum atomic E-state index is -0.250. The molecule has 0 aromatic rings. The highest BCUT2D eigenvalue weighted by molar-refractivity contribution is 5.13. The van der Waals surface area contributed by atoms with Crippen molar-refractivity contribution in [2.45, 2.75) is 82.7 Å². The van der Waals surface area contributed by atoms with Crippen molar-refractivity contribution in [1.82, 2.24) is 0 Å². The van der Waals surface area contributed by atoms with E-state index in [2.05, 4.69) is 0 Å². The van der Waals surface area contributed by atoms with Gasteiger partial charge in [0, 0.05) is 0 Å². The molecule has 128 valence electrons. The molecule has 0 amide bonds. The predicted octanol–water partition coefficient (Wildman–Crippen LogP) is 5.03. The van der Waals surface area contributed by atoms with Crippen molar-refractivity contribution in [3.05, 3.63) is 0 Å². The predicted molar refractivity (Wildman–Crippen MR) is 91.8 cm³/mol. The number of hydrogen-bond donors (Lipinski definition) is 1. The van der Waals surface area contributed by atoms with Crippen molar-refractivity contribution in [3.8, 4) is 0 Å². The summed E-state index contributed by atoms with van der Waals surface area (Å²) in [7, 11) is 0. The first-order chi connectivity index (χ1) is 11.2. The van der Waals surface area contributed by atoms with Crippen LogP contribution in [0.25, 0.3) is 0 Å². The van der Waals surface area contributed by atoms with E-state index in [0.29, 0.717) is 17.8 Å². The third-order valence-electron chi connectivity index (χ3n) is 10.00. The first kappa shape index (κ1) is 14.2. The van der Waals surface area contributed by atoms with Gasteiger partial charge < -0.3 is 5.11 Å². The molecule has 23 heavy (non-hydrogen) atoms. The number of fused-ring (bicyclic) bond motifs is 6. The van der Waals surface area contributed by atoms with E-state index in [1.54, 1.807) is 0 Å². The SMILES string of the molecule is OC([C@@H]1C[C@H]2CC[C@H]1C2)([C@H]1C[C@H]2CC[C@H]1C2)[C@H]1C[C@H]2CC[C@H]1C2. The molecule has 0 radical (unpaired) electrons.